The van der Waals surface area contributed by atoms with Gasteiger partial charge in [-0.3, -0.25) is 0 Å². The molecule has 6 heteroatoms. The van der Waals surface area contributed by atoms with Gasteiger partial charge in [0.25, 0.3) is 0 Å². The smallest absolute Gasteiger partial charge is 0.200 e. The highest BCUT2D eigenvalue weighted by Crippen LogP contribution is 2.37. The van der Waals surface area contributed by atoms with Gasteiger partial charge in [-0.15, -0.1) is 0 Å². The molecule has 0 aliphatic carbocycles. The molecule has 1 aliphatic rings. The Balaban J connectivity index is 2.74. The Morgan fingerprint density at radius 2 is 1.62 bits per heavy atom. The third-order valence-electron chi connectivity index (χ3n) is 1.68. The minimum Gasteiger partial charge on any atom is -0.353 e. The van der Waals surface area contributed by atoms with Gasteiger partial charge < -0.3 is 18.9 Å². The summed E-state index contributed by atoms with van der Waals surface area (Å²) in [4.78, 5) is 0. The average molecular weight is 276 g/mol. The molecule has 1 aliphatic heterocycles. The summed E-state index contributed by atoms with van der Waals surface area (Å²) in [5.74, 6) is 0. The number of halogens is 2. The molecule has 2 unspecified atom stereocenters. The van der Waals surface area contributed by atoms with Crippen LogP contribution in [-0.2, 0) is 18.9 Å². The predicted molar refractivity (Wildman–Crippen MR) is 51.0 cm³/mol. The summed E-state index contributed by atoms with van der Waals surface area (Å²) in [5, 5.41) is 0. The molecule has 0 aromatic heterocycles. The molecule has 1 fully saturated rings. The van der Waals surface area contributed by atoms with Crippen LogP contribution in [0.5, 0.6) is 0 Å². The zero-order chi connectivity index (χ0) is 9.90. The first kappa shape index (κ1) is 11.7. The van der Waals surface area contributed by atoms with Crippen LogP contribution in [0.4, 0.5) is 0 Å². The third-order valence-corrected chi connectivity index (χ3v) is 2.78. The molecule has 13 heavy (non-hydrogen) atoms. The topological polar surface area (TPSA) is 36.9 Å². The summed E-state index contributed by atoms with van der Waals surface area (Å²) in [7, 11) is 3.03. The van der Waals surface area contributed by atoms with Crippen LogP contribution in [-0.4, -0.2) is 43.8 Å². The van der Waals surface area contributed by atoms with Crippen LogP contribution in [0.2, 0.25) is 0 Å². The number of rotatable bonds is 2. The number of hydrogen-bond donors (Lipinski definition) is 0. The summed E-state index contributed by atoms with van der Waals surface area (Å²) in [6, 6.07) is 0. The number of ether oxygens (including phenoxy) is 4. The SMILES string of the molecule is COC1OCCOC(OC)C1(Cl)Br. The quantitative estimate of drug-likeness (QED) is 0.712. The highest BCUT2D eigenvalue weighted by Gasteiger charge is 2.46. The minimum atomic E-state index is -1.01. The van der Waals surface area contributed by atoms with E-state index < -0.39 is 16.4 Å². The average Bonchev–Trinajstić information content (AvgIpc) is 2.23. The van der Waals surface area contributed by atoms with Crippen molar-refractivity contribution in [1.29, 1.82) is 0 Å². The molecule has 2 atom stereocenters. The Labute approximate surface area is 90.5 Å². The molecule has 0 aromatic rings. The van der Waals surface area contributed by atoms with Gasteiger partial charge in [0, 0.05) is 14.2 Å². The molecular weight excluding hydrogens is 263 g/mol. The van der Waals surface area contributed by atoms with Crippen molar-refractivity contribution >= 4 is 27.5 Å². The lowest BCUT2D eigenvalue weighted by molar-refractivity contribution is -0.157. The molecule has 0 radical (unpaired) electrons. The summed E-state index contributed by atoms with van der Waals surface area (Å²) >= 11 is 9.39. The molecular formula is C7H12BrClO4. The third kappa shape index (κ3) is 2.55. The highest BCUT2D eigenvalue weighted by molar-refractivity contribution is 9.10. The first-order valence-corrected chi connectivity index (χ1v) is 4.96. The Kier molecular flexibility index (Phi) is 4.41. The van der Waals surface area contributed by atoms with E-state index in [1.807, 2.05) is 0 Å². The second-order valence-corrected chi connectivity index (χ2v) is 4.95. The van der Waals surface area contributed by atoms with Crippen molar-refractivity contribution in [2.75, 3.05) is 27.4 Å². The lowest BCUT2D eigenvalue weighted by Gasteiger charge is -2.31. The summed E-state index contributed by atoms with van der Waals surface area (Å²) in [5.41, 5.74) is 0. The first-order valence-electron chi connectivity index (χ1n) is 3.79. The second kappa shape index (κ2) is 4.91. The van der Waals surface area contributed by atoms with Crippen LogP contribution >= 0.6 is 27.5 Å². The summed E-state index contributed by atoms with van der Waals surface area (Å²) < 4.78 is 19.7. The zero-order valence-corrected chi connectivity index (χ0v) is 9.80. The van der Waals surface area contributed by atoms with E-state index in [9.17, 15) is 0 Å². The van der Waals surface area contributed by atoms with Gasteiger partial charge in [-0.2, -0.15) is 0 Å². The lowest BCUT2D eigenvalue weighted by atomic mass is 10.4. The van der Waals surface area contributed by atoms with E-state index in [0.29, 0.717) is 13.2 Å². The van der Waals surface area contributed by atoms with Gasteiger partial charge in [-0.25, -0.2) is 0 Å². The van der Waals surface area contributed by atoms with Gasteiger partial charge in [-0.05, 0) is 0 Å². The fourth-order valence-electron chi connectivity index (χ4n) is 1.09. The van der Waals surface area contributed by atoms with E-state index in [0.717, 1.165) is 0 Å². The lowest BCUT2D eigenvalue weighted by Crippen LogP contribution is -2.44. The fraction of sp³-hybridized carbons (Fsp3) is 1.00. The molecule has 0 saturated carbocycles. The van der Waals surface area contributed by atoms with Crippen molar-refractivity contribution in [3.63, 3.8) is 0 Å². The van der Waals surface area contributed by atoms with E-state index >= 15 is 0 Å². The molecule has 0 N–H and O–H groups in total. The number of alkyl halides is 2. The maximum atomic E-state index is 6.13. The molecule has 0 aromatic carbocycles. The maximum Gasteiger partial charge on any atom is 0.200 e. The molecule has 1 heterocycles. The van der Waals surface area contributed by atoms with Crippen molar-refractivity contribution in [3.8, 4) is 0 Å². The van der Waals surface area contributed by atoms with E-state index in [-0.39, 0.29) is 0 Å². The van der Waals surface area contributed by atoms with Gasteiger partial charge in [0.05, 0.1) is 13.2 Å². The van der Waals surface area contributed by atoms with Crippen molar-refractivity contribution in [2.45, 2.75) is 16.4 Å². The normalized spacial score (nSPS) is 41.5. The Bertz CT molecular complexity index is 151. The number of hydrogen-bond acceptors (Lipinski definition) is 4. The van der Waals surface area contributed by atoms with Gasteiger partial charge >= 0.3 is 0 Å². The van der Waals surface area contributed by atoms with Crippen LogP contribution in [0.1, 0.15) is 0 Å². The van der Waals surface area contributed by atoms with E-state index in [4.69, 9.17) is 30.5 Å². The van der Waals surface area contributed by atoms with E-state index in [2.05, 4.69) is 15.9 Å². The second-order valence-electron chi connectivity index (χ2n) is 2.55. The van der Waals surface area contributed by atoms with Crippen molar-refractivity contribution in [3.05, 3.63) is 0 Å². The first-order chi connectivity index (χ1) is 6.12. The van der Waals surface area contributed by atoms with Crippen LogP contribution in [0, 0.1) is 0 Å². The Morgan fingerprint density at radius 1 is 1.23 bits per heavy atom. The molecule has 78 valence electrons. The predicted octanol–water partition coefficient (Wildman–Crippen LogP) is 1.31. The van der Waals surface area contributed by atoms with E-state index in [1.165, 1.54) is 14.2 Å². The van der Waals surface area contributed by atoms with E-state index in [1.54, 1.807) is 0 Å². The van der Waals surface area contributed by atoms with Crippen LogP contribution < -0.4 is 0 Å². The molecule has 1 saturated heterocycles. The van der Waals surface area contributed by atoms with Gasteiger partial charge in [0.1, 0.15) is 0 Å². The summed E-state index contributed by atoms with van der Waals surface area (Å²) in [6.45, 7) is 0.858. The Hall–Kier alpha value is 0.610. The van der Waals surface area contributed by atoms with Crippen LogP contribution in [0.15, 0.2) is 0 Å². The molecule has 1 rings (SSSR count). The van der Waals surface area contributed by atoms with Crippen LogP contribution in [0.25, 0.3) is 0 Å². The minimum absolute atomic E-state index is 0.429. The maximum absolute atomic E-state index is 6.13. The van der Waals surface area contributed by atoms with Gasteiger partial charge in [0.15, 0.2) is 16.4 Å². The van der Waals surface area contributed by atoms with Crippen LogP contribution in [0.3, 0.4) is 0 Å². The van der Waals surface area contributed by atoms with Crippen molar-refractivity contribution in [1.82, 2.24) is 0 Å². The van der Waals surface area contributed by atoms with Crippen molar-refractivity contribution < 1.29 is 18.9 Å². The Morgan fingerprint density at radius 3 is 1.92 bits per heavy atom. The zero-order valence-electron chi connectivity index (χ0n) is 7.46. The van der Waals surface area contributed by atoms with Gasteiger partial charge in [0.2, 0.25) is 0 Å². The highest BCUT2D eigenvalue weighted by atomic mass is 79.9. The van der Waals surface area contributed by atoms with Gasteiger partial charge in [-0.1, -0.05) is 27.5 Å². The monoisotopic (exact) mass is 274 g/mol. The molecule has 0 amide bonds. The number of methoxy groups -OCH3 is 2. The molecule has 0 bridgehead atoms. The standard InChI is InChI=1S/C7H12BrClO4/c1-10-5-7(8,9)6(11-2)13-4-3-12-5/h5-6H,3-4H2,1-2H3. The van der Waals surface area contributed by atoms with Crippen molar-refractivity contribution in [2.24, 2.45) is 0 Å². The molecule has 0 spiro atoms. The fourth-order valence-corrected chi connectivity index (χ4v) is 2.04. The summed E-state index contributed by atoms with van der Waals surface area (Å²) in [6.07, 6.45) is -1.19. The molecule has 4 nitrogen and oxygen atoms in total. The largest absolute Gasteiger partial charge is 0.353 e.